The van der Waals surface area contributed by atoms with Gasteiger partial charge in [-0.25, -0.2) is 4.39 Å². The molecule has 0 spiro atoms. The molecule has 1 saturated heterocycles. The fourth-order valence-electron chi connectivity index (χ4n) is 3.13. The molecule has 7 nitrogen and oxygen atoms in total. The molecule has 8 heteroatoms. The summed E-state index contributed by atoms with van der Waals surface area (Å²) in [6.07, 6.45) is 3.54. The van der Waals surface area contributed by atoms with Gasteiger partial charge in [0.05, 0.1) is 24.8 Å². The number of pyridine rings is 1. The van der Waals surface area contributed by atoms with Gasteiger partial charge in [0, 0.05) is 12.7 Å². The number of hydrogen-bond acceptors (Lipinski definition) is 4. The third-order valence-electron chi connectivity index (χ3n) is 4.59. The first-order chi connectivity index (χ1) is 13.7. The number of primary amides is 1. The van der Waals surface area contributed by atoms with Crippen LogP contribution in [0.4, 0.5) is 10.1 Å². The number of nitrogens with one attached hydrogen (secondary N) is 1. The molecule has 0 aliphatic carbocycles. The highest BCUT2D eigenvalue weighted by molar-refractivity contribution is 6.39. The molecule has 3 N–H and O–H groups in total. The summed E-state index contributed by atoms with van der Waals surface area (Å²) < 4.78 is 22.2. The van der Waals surface area contributed by atoms with Crippen molar-refractivity contribution in [3.8, 4) is 0 Å². The van der Waals surface area contributed by atoms with Crippen molar-refractivity contribution in [3.05, 3.63) is 59.7 Å². The number of carbonyl (C=O) groups is 3. The number of nitrogens with two attached hydrogens (primary N) is 1. The summed E-state index contributed by atoms with van der Waals surface area (Å²) in [6, 6.07) is 5.20. The van der Waals surface area contributed by atoms with Crippen LogP contribution < -0.4 is 11.1 Å². The first-order valence-electron chi connectivity index (χ1n) is 9.34. The van der Waals surface area contributed by atoms with Gasteiger partial charge in [0.1, 0.15) is 5.82 Å². The van der Waals surface area contributed by atoms with Crippen LogP contribution in [0.5, 0.6) is 0 Å². The number of likely N-dealkylation sites (tertiary alicyclic amines) is 1. The Hall–Kier alpha value is -3.29. The Kier molecular flexibility index (Phi) is 5.27. The van der Waals surface area contributed by atoms with Crippen LogP contribution in [0, 0.1) is 11.7 Å². The predicted molar refractivity (Wildman–Crippen MR) is 101 cm³/mol. The zero-order chi connectivity index (χ0) is 21.2. The number of benzene rings is 1. The Labute approximate surface area is 163 Å². The average Bonchev–Trinajstić information content (AvgIpc) is 2.70. The maximum atomic E-state index is 13.3. The van der Waals surface area contributed by atoms with Crippen molar-refractivity contribution in [1.29, 1.82) is 0 Å². The second-order valence-corrected chi connectivity index (χ2v) is 6.79. The van der Waals surface area contributed by atoms with Gasteiger partial charge in [-0.05, 0) is 42.5 Å². The van der Waals surface area contributed by atoms with E-state index >= 15 is 0 Å². The van der Waals surface area contributed by atoms with Crippen LogP contribution in [0.3, 0.4) is 0 Å². The Bertz CT molecular complexity index is 953. The molecule has 0 radical (unpaired) electrons. The topological polar surface area (TPSA) is 105 Å². The zero-order valence-corrected chi connectivity index (χ0v) is 15.3. The van der Waals surface area contributed by atoms with E-state index in [1.807, 2.05) is 6.92 Å². The van der Waals surface area contributed by atoms with Crippen molar-refractivity contribution in [1.82, 2.24) is 9.88 Å². The molecule has 1 aromatic heterocycles. The minimum Gasteiger partial charge on any atom is -0.366 e. The Balaban J connectivity index is 1.85. The Morgan fingerprint density at radius 1 is 1.25 bits per heavy atom. The van der Waals surface area contributed by atoms with Gasteiger partial charge in [0.15, 0.2) is 0 Å². The number of carbonyl (C=O) groups excluding carboxylic acids is 3. The van der Waals surface area contributed by atoms with Crippen LogP contribution in [-0.2, 0) is 9.59 Å². The fourth-order valence-corrected chi connectivity index (χ4v) is 3.13. The second-order valence-electron chi connectivity index (χ2n) is 6.79. The first-order valence-corrected chi connectivity index (χ1v) is 8.84. The minimum absolute atomic E-state index is 0.0861. The number of aromatic nitrogens is 1. The molecule has 1 aliphatic heterocycles. The molecular formula is C20H21FN4O3. The molecule has 2 aromatic rings. The van der Waals surface area contributed by atoms with Crippen LogP contribution in [0.1, 0.15) is 43.1 Å². The summed E-state index contributed by atoms with van der Waals surface area (Å²) in [6.45, 7) is 2.15. The minimum atomic E-state index is -1.48. The number of hydrogen-bond donors (Lipinski definition) is 2. The van der Waals surface area contributed by atoms with E-state index in [-0.39, 0.29) is 23.7 Å². The smallest absolute Gasteiger partial charge is 0.313 e. The largest absolute Gasteiger partial charge is 0.366 e. The molecule has 0 bridgehead atoms. The van der Waals surface area contributed by atoms with Crippen molar-refractivity contribution in [3.63, 3.8) is 0 Å². The summed E-state index contributed by atoms with van der Waals surface area (Å²) in [5.74, 6) is -2.91. The standard InChI is InChI=1S/C20H21FN4O3/c1-12-2-7-17(13-3-5-15(21)6-4-13)25(11-12)20(28)19(27)24-16-8-14(18(22)26)9-23-10-16/h3-6,8-10,12,17H,2,7,11H2,1H3,(H2,22,26)(H,24,27)/t12-,17+/m1/s1/i17D. The fraction of sp³-hybridized carbons (Fsp3) is 0.300. The van der Waals surface area contributed by atoms with Crippen LogP contribution >= 0.6 is 0 Å². The summed E-state index contributed by atoms with van der Waals surface area (Å²) in [4.78, 5) is 41.8. The van der Waals surface area contributed by atoms with Crippen molar-refractivity contribution in [2.45, 2.75) is 25.8 Å². The van der Waals surface area contributed by atoms with Gasteiger partial charge in [-0.2, -0.15) is 0 Å². The number of anilines is 1. The SMILES string of the molecule is [2H][C@@]1(c2ccc(F)cc2)CC[C@@H](C)CN1C(=O)C(=O)Nc1cncc(C(N)=O)c1. The Morgan fingerprint density at radius 2 is 1.96 bits per heavy atom. The summed E-state index contributed by atoms with van der Waals surface area (Å²) >= 11 is 0. The van der Waals surface area contributed by atoms with Crippen molar-refractivity contribution in [2.75, 3.05) is 11.9 Å². The van der Waals surface area contributed by atoms with Gasteiger partial charge in [-0.1, -0.05) is 19.1 Å². The van der Waals surface area contributed by atoms with E-state index in [1.54, 1.807) is 0 Å². The lowest BCUT2D eigenvalue weighted by Gasteiger charge is -2.38. The second kappa shape index (κ2) is 8.16. The number of halogens is 1. The quantitative estimate of drug-likeness (QED) is 0.791. The van der Waals surface area contributed by atoms with E-state index in [2.05, 4.69) is 10.3 Å². The highest BCUT2D eigenvalue weighted by atomic mass is 19.1. The number of rotatable bonds is 3. The van der Waals surface area contributed by atoms with Gasteiger partial charge in [0.2, 0.25) is 5.91 Å². The maximum absolute atomic E-state index is 13.3. The zero-order valence-electron chi connectivity index (χ0n) is 16.3. The average molecular weight is 385 g/mol. The summed E-state index contributed by atoms with van der Waals surface area (Å²) in [5, 5.41) is 2.40. The Morgan fingerprint density at radius 3 is 2.64 bits per heavy atom. The van der Waals surface area contributed by atoms with Gasteiger partial charge < -0.3 is 16.0 Å². The highest BCUT2D eigenvalue weighted by Crippen LogP contribution is 2.33. The third-order valence-corrected chi connectivity index (χ3v) is 4.59. The van der Waals surface area contributed by atoms with Crippen molar-refractivity contribution < 1.29 is 20.1 Å². The van der Waals surface area contributed by atoms with Gasteiger partial charge in [-0.3, -0.25) is 19.4 Å². The summed E-state index contributed by atoms with van der Waals surface area (Å²) in [5.41, 5.74) is 5.86. The van der Waals surface area contributed by atoms with Crippen molar-refractivity contribution >= 4 is 23.4 Å². The normalized spacial score (nSPS) is 22.3. The molecule has 3 rings (SSSR count). The molecular weight excluding hydrogens is 363 g/mol. The molecule has 1 fully saturated rings. The maximum Gasteiger partial charge on any atom is 0.313 e. The van der Waals surface area contributed by atoms with Gasteiger partial charge >= 0.3 is 11.8 Å². The lowest BCUT2D eigenvalue weighted by Crippen LogP contribution is -2.46. The molecule has 2 atom stereocenters. The predicted octanol–water partition coefficient (Wildman–Crippen LogP) is 2.26. The molecule has 3 amide bonds. The van der Waals surface area contributed by atoms with E-state index in [9.17, 15) is 18.8 Å². The van der Waals surface area contributed by atoms with E-state index in [0.29, 0.717) is 18.4 Å². The number of piperidine rings is 1. The molecule has 1 aromatic carbocycles. The lowest BCUT2D eigenvalue weighted by molar-refractivity contribution is -0.146. The lowest BCUT2D eigenvalue weighted by atomic mass is 9.90. The van der Waals surface area contributed by atoms with Gasteiger partial charge in [-0.15, -0.1) is 0 Å². The molecule has 146 valence electrons. The molecule has 1 aliphatic rings. The molecule has 28 heavy (non-hydrogen) atoms. The van der Waals surface area contributed by atoms with E-state index < -0.39 is 29.6 Å². The molecule has 2 heterocycles. The van der Waals surface area contributed by atoms with Crippen molar-refractivity contribution in [2.24, 2.45) is 11.7 Å². The number of amides is 3. The van der Waals surface area contributed by atoms with Crippen LogP contribution in [0.15, 0.2) is 42.7 Å². The van der Waals surface area contributed by atoms with Crippen LogP contribution in [0.25, 0.3) is 0 Å². The molecule has 0 saturated carbocycles. The summed E-state index contributed by atoms with van der Waals surface area (Å²) in [7, 11) is 0. The third kappa shape index (κ3) is 4.33. The molecule has 0 unspecified atom stereocenters. The highest BCUT2D eigenvalue weighted by Gasteiger charge is 2.34. The van der Waals surface area contributed by atoms with Crippen LogP contribution in [-0.4, -0.2) is 34.2 Å². The van der Waals surface area contributed by atoms with E-state index in [0.717, 1.165) is 0 Å². The first kappa shape index (κ1) is 18.1. The van der Waals surface area contributed by atoms with Crippen LogP contribution in [0.2, 0.25) is 0 Å². The number of nitrogens with zero attached hydrogens (tertiary/aromatic N) is 2. The monoisotopic (exact) mass is 385 g/mol. The van der Waals surface area contributed by atoms with Gasteiger partial charge in [0.25, 0.3) is 0 Å². The van der Waals surface area contributed by atoms with E-state index in [4.69, 9.17) is 7.10 Å². The van der Waals surface area contributed by atoms with E-state index in [1.165, 1.54) is 47.6 Å².